The molecule has 1 amide bonds. The van der Waals surface area contributed by atoms with E-state index in [1.54, 1.807) is 18.3 Å². The number of nitrogens with zero attached hydrogens (tertiary/aromatic N) is 3. The molecule has 0 unspecified atom stereocenters. The van der Waals surface area contributed by atoms with E-state index >= 15 is 0 Å². The average molecular weight is 462 g/mol. The molecular formula is C22H18F4N4OS. The van der Waals surface area contributed by atoms with Gasteiger partial charge in [-0.1, -0.05) is 24.7 Å². The van der Waals surface area contributed by atoms with Crippen molar-refractivity contribution < 1.29 is 22.4 Å². The van der Waals surface area contributed by atoms with Crippen LogP contribution in [0.25, 0.3) is 21.5 Å². The molecule has 0 radical (unpaired) electrons. The number of carbonyl (C=O) groups excluding carboxylic acids is 1. The van der Waals surface area contributed by atoms with Crippen LogP contribution < -0.4 is 4.90 Å². The third-order valence-corrected chi connectivity index (χ3v) is 5.97. The van der Waals surface area contributed by atoms with E-state index in [-0.39, 0.29) is 11.4 Å². The van der Waals surface area contributed by atoms with Gasteiger partial charge in [0, 0.05) is 29.3 Å². The molecule has 0 fully saturated rings. The number of fused-ring (bicyclic) bond motifs is 1. The summed E-state index contributed by atoms with van der Waals surface area (Å²) in [4.78, 5) is 17.4. The Morgan fingerprint density at radius 2 is 1.84 bits per heavy atom. The molecule has 0 aliphatic carbocycles. The minimum absolute atomic E-state index is 0.126. The molecule has 0 saturated heterocycles. The fourth-order valence-electron chi connectivity index (χ4n) is 3.30. The first-order valence-electron chi connectivity index (χ1n) is 9.88. The van der Waals surface area contributed by atoms with E-state index in [0.29, 0.717) is 39.6 Å². The van der Waals surface area contributed by atoms with Gasteiger partial charge in [-0.2, -0.15) is 13.2 Å². The number of carbonyl (C=O) groups is 1. The summed E-state index contributed by atoms with van der Waals surface area (Å²) >= 11 is 1.17. The molecule has 2 heterocycles. The van der Waals surface area contributed by atoms with Crippen molar-refractivity contribution in [3.63, 3.8) is 0 Å². The topological polar surface area (TPSA) is 61.9 Å². The SMILES string of the molecule is CCCCN(C(=O)c1ccc(C(F)(F)F)cc1)c1nnc(-c2ccc(F)c3[nH]ccc23)s1. The smallest absolute Gasteiger partial charge is 0.359 e. The highest BCUT2D eigenvalue weighted by Gasteiger charge is 2.31. The van der Waals surface area contributed by atoms with Crippen LogP contribution in [0, 0.1) is 5.82 Å². The lowest BCUT2D eigenvalue weighted by molar-refractivity contribution is -0.137. The zero-order valence-corrected chi connectivity index (χ0v) is 17.7. The first kappa shape index (κ1) is 21.9. The molecule has 166 valence electrons. The molecule has 4 aromatic rings. The maximum Gasteiger partial charge on any atom is 0.416 e. The molecule has 0 saturated carbocycles. The van der Waals surface area contributed by atoms with Crippen molar-refractivity contribution >= 4 is 33.3 Å². The molecule has 4 rings (SSSR count). The Bertz CT molecular complexity index is 1250. The zero-order valence-electron chi connectivity index (χ0n) is 16.9. The van der Waals surface area contributed by atoms with Gasteiger partial charge in [0.2, 0.25) is 5.13 Å². The van der Waals surface area contributed by atoms with E-state index < -0.39 is 17.6 Å². The van der Waals surface area contributed by atoms with Gasteiger partial charge in [0.05, 0.1) is 11.1 Å². The summed E-state index contributed by atoms with van der Waals surface area (Å²) in [5, 5.41) is 9.81. The molecular weight excluding hydrogens is 444 g/mol. The molecule has 2 aromatic heterocycles. The van der Waals surface area contributed by atoms with Gasteiger partial charge in [0.25, 0.3) is 5.91 Å². The number of aromatic nitrogens is 3. The second-order valence-corrected chi connectivity index (χ2v) is 8.09. The van der Waals surface area contributed by atoms with Crippen LogP contribution in [0.15, 0.2) is 48.7 Å². The first-order chi connectivity index (χ1) is 15.3. The number of benzene rings is 2. The van der Waals surface area contributed by atoms with Crippen LogP contribution in [0.4, 0.5) is 22.7 Å². The Balaban J connectivity index is 1.67. The monoisotopic (exact) mass is 462 g/mol. The summed E-state index contributed by atoms with van der Waals surface area (Å²) in [5.41, 5.74) is 0.326. The Morgan fingerprint density at radius 3 is 2.53 bits per heavy atom. The van der Waals surface area contributed by atoms with Gasteiger partial charge in [-0.05, 0) is 48.9 Å². The predicted molar refractivity (Wildman–Crippen MR) is 115 cm³/mol. The van der Waals surface area contributed by atoms with Gasteiger partial charge in [-0.3, -0.25) is 9.69 Å². The molecule has 2 aromatic carbocycles. The minimum atomic E-state index is -4.48. The number of unbranched alkanes of at least 4 members (excludes halogenated alkanes) is 1. The molecule has 0 atom stereocenters. The van der Waals surface area contributed by atoms with E-state index in [4.69, 9.17) is 0 Å². The summed E-state index contributed by atoms with van der Waals surface area (Å²) in [6, 6.07) is 8.76. The molecule has 0 spiro atoms. The van der Waals surface area contributed by atoms with Gasteiger partial charge >= 0.3 is 6.18 Å². The minimum Gasteiger partial charge on any atom is -0.359 e. The maximum atomic E-state index is 14.0. The molecule has 10 heteroatoms. The lowest BCUT2D eigenvalue weighted by Gasteiger charge is -2.19. The highest BCUT2D eigenvalue weighted by atomic mass is 32.1. The van der Waals surface area contributed by atoms with Crippen molar-refractivity contribution in [2.45, 2.75) is 25.9 Å². The number of rotatable bonds is 6. The molecule has 0 bridgehead atoms. The van der Waals surface area contributed by atoms with E-state index in [1.807, 2.05) is 6.92 Å². The number of hydrogen-bond acceptors (Lipinski definition) is 4. The van der Waals surface area contributed by atoms with Gasteiger partial charge in [-0.15, -0.1) is 10.2 Å². The third kappa shape index (κ3) is 4.22. The van der Waals surface area contributed by atoms with Gasteiger partial charge in [0.1, 0.15) is 10.8 Å². The Kier molecular flexibility index (Phi) is 5.96. The standard InChI is InChI=1S/C22H18F4N4OS/c1-2-3-12-30(20(31)13-4-6-14(7-5-13)22(24,25)26)21-29-28-19(32-21)16-8-9-17(23)18-15(16)10-11-27-18/h4-11,27H,2-3,12H2,1H3. The Labute approximate surface area is 184 Å². The average Bonchev–Trinajstić information content (AvgIpc) is 3.44. The van der Waals surface area contributed by atoms with Gasteiger partial charge < -0.3 is 4.98 Å². The number of anilines is 1. The number of nitrogens with one attached hydrogen (secondary N) is 1. The van der Waals surface area contributed by atoms with Crippen LogP contribution in [0.2, 0.25) is 0 Å². The van der Waals surface area contributed by atoms with Crippen LogP contribution in [0.3, 0.4) is 0 Å². The largest absolute Gasteiger partial charge is 0.416 e. The first-order valence-corrected chi connectivity index (χ1v) is 10.7. The predicted octanol–water partition coefficient (Wildman–Crippen LogP) is 6.29. The maximum absolute atomic E-state index is 14.0. The lowest BCUT2D eigenvalue weighted by atomic mass is 10.1. The molecule has 32 heavy (non-hydrogen) atoms. The van der Waals surface area contributed by atoms with Gasteiger partial charge in [-0.25, -0.2) is 4.39 Å². The van der Waals surface area contributed by atoms with Crippen molar-refractivity contribution in [1.29, 1.82) is 0 Å². The summed E-state index contributed by atoms with van der Waals surface area (Å²) < 4.78 is 52.5. The third-order valence-electron chi connectivity index (χ3n) is 4.99. The second-order valence-electron chi connectivity index (χ2n) is 7.14. The summed E-state index contributed by atoms with van der Waals surface area (Å²) in [5.74, 6) is -0.846. The van der Waals surface area contributed by atoms with Crippen molar-refractivity contribution in [2.24, 2.45) is 0 Å². The quantitative estimate of drug-likeness (QED) is 0.343. The number of halogens is 4. The number of aromatic amines is 1. The Morgan fingerprint density at radius 1 is 1.09 bits per heavy atom. The van der Waals surface area contributed by atoms with Crippen LogP contribution in [0.1, 0.15) is 35.7 Å². The normalized spacial score (nSPS) is 11.8. The number of amides is 1. The van der Waals surface area contributed by atoms with Crippen LogP contribution in [0.5, 0.6) is 0 Å². The van der Waals surface area contributed by atoms with E-state index in [2.05, 4.69) is 15.2 Å². The van der Waals surface area contributed by atoms with Crippen LogP contribution in [-0.2, 0) is 6.18 Å². The number of alkyl halides is 3. The summed E-state index contributed by atoms with van der Waals surface area (Å²) in [6.07, 6.45) is -1.36. The van der Waals surface area contributed by atoms with Crippen LogP contribution >= 0.6 is 11.3 Å². The summed E-state index contributed by atoms with van der Waals surface area (Å²) in [7, 11) is 0. The highest BCUT2D eigenvalue weighted by molar-refractivity contribution is 7.18. The van der Waals surface area contributed by atoms with Crippen molar-refractivity contribution in [3.8, 4) is 10.6 Å². The van der Waals surface area contributed by atoms with Crippen LogP contribution in [-0.4, -0.2) is 27.6 Å². The van der Waals surface area contributed by atoms with E-state index in [0.717, 1.165) is 30.7 Å². The molecule has 0 aliphatic rings. The fourth-order valence-corrected chi connectivity index (χ4v) is 4.21. The zero-order chi connectivity index (χ0) is 22.9. The molecule has 5 nitrogen and oxygen atoms in total. The second kappa shape index (κ2) is 8.70. The highest BCUT2D eigenvalue weighted by Crippen LogP contribution is 2.35. The van der Waals surface area contributed by atoms with Crippen molar-refractivity contribution in [1.82, 2.24) is 15.2 Å². The Hall–Kier alpha value is -3.27. The fraction of sp³-hybridized carbons (Fsp3) is 0.227. The van der Waals surface area contributed by atoms with E-state index in [1.165, 1.54) is 22.3 Å². The number of hydrogen-bond donors (Lipinski definition) is 1. The van der Waals surface area contributed by atoms with Crippen molar-refractivity contribution in [2.75, 3.05) is 11.4 Å². The molecule has 1 N–H and O–H groups in total. The van der Waals surface area contributed by atoms with Gasteiger partial charge in [0.15, 0.2) is 0 Å². The van der Waals surface area contributed by atoms with Crippen molar-refractivity contribution in [3.05, 3.63) is 65.6 Å². The lowest BCUT2D eigenvalue weighted by Crippen LogP contribution is -2.32. The number of H-pyrrole nitrogens is 1. The van der Waals surface area contributed by atoms with E-state index in [9.17, 15) is 22.4 Å². The summed E-state index contributed by atoms with van der Waals surface area (Å²) in [6.45, 7) is 2.31. The molecule has 0 aliphatic heterocycles.